The number of rotatable bonds is 5. The summed E-state index contributed by atoms with van der Waals surface area (Å²) in [5, 5.41) is 0. The van der Waals surface area contributed by atoms with Crippen molar-refractivity contribution in [3.63, 3.8) is 0 Å². The fraction of sp³-hybridized carbons (Fsp3) is 0.368. The van der Waals surface area contributed by atoms with Gasteiger partial charge in [0, 0.05) is 25.6 Å². The standard InChI is InChI=1S/C19H24N2/c20-12-14-21-13-11-18(15-21)19(16-7-3-1-4-8-16)17-9-5-2-6-10-17/h1-10,18-19H,11-15,20H2. The Balaban J connectivity index is 1.87. The lowest BCUT2D eigenvalue weighted by molar-refractivity contribution is 0.327. The average molecular weight is 280 g/mol. The molecule has 1 heterocycles. The van der Waals surface area contributed by atoms with Gasteiger partial charge in [0.2, 0.25) is 0 Å². The van der Waals surface area contributed by atoms with Crippen LogP contribution < -0.4 is 5.73 Å². The van der Waals surface area contributed by atoms with E-state index >= 15 is 0 Å². The Kier molecular flexibility index (Phi) is 4.69. The van der Waals surface area contributed by atoms with Crippen molar-refractivity contribution in [1.82, 2.24) is 4.90 Å². The van der Waals surface area contributed by atoms with Crippen LogP contribution in [0.15, 0.2) is 60.7 Å². The molecule has 0 spiro atoms. The molecule has 0 radical (unpaired) electrons. The van der Waals surface area contributed by atoms with E-state index in [0.717, 1.165) is 19.6 Å². The minimum absolute atomic E-state index is 0.496. The van der Waals surface area contributed by atoms with Gasteiger partial charge in [0.25, 0.3) is 0 Å². The first-order valence-corrected chi connectivity index (χ1v) is 7.91. The van der Waals surface area contributed by atoms with E-state index in [4.69, 9.17) is 5.73 Å². The Bertz CT molecular complexity index is 499. The highest BCUT2D eigenvalue weighted by Gasteiger charge is 2.30. The summed E-state index contributed by atoms with van der Waals surface area (Å²) >= 11 is 0. The maximum atomic E-state index is 5.71. The Hall–Kier alpha value is -1.64. The van der Waals surface area contributed by atoms with E-state index < -0.39 is 0 Å². The van der Waals surface area contributed by atoms with Crippen molar-refractivity contribution in [3.8, 4) is 0 Å². The molecule has 2 N–H and O–H groups in total. The van der Waals surface area contributed by atoms with Gasteiger partial charge in [-0.05, 0) is 30.0 Å². The second kappa shape index (κ2) is 6.88. The Morgan fingerprint density at radius 1 is 0.952 bits per heavy atom. The van der Waals surface area contributed by atoms with Crippen LogP contribution >= 0.6 is 0 Å². The lowest BCUT2D eigenvalue weighted by atomic mass is 9.80. The van der Waals surface area contributed by atoms with Gasteiger partial charge in [0.15, 0.2) is 0 Å². The van der Waals surface area contributed by atoms with Crippen molar-refractivity contribution < 1.29 is 0 Å². The number of hydrogen-bond acceptors (Lipinski definition) is 2. The molecule has 1 unspecified atom stereocenters. The van der Waals surface area contributed by atoms with Crippen LogP contribution in [0.25, 0.3) is 0 Å². The quantitative estimate of drug-likeness (QED) is 0.912. The van der Waals surface area contributed by atoms with Gasteiger partial charge >= 0.3 is 0 Å². The number of likely N-dealkylation sites (tertiary alicyclic amines) is 1. The largest absolute Gasteiger partial charge is 0.329 e. The van der Waals surface area contributed by atoms with Crippen molar-refractivity contribution in [2.45, 2.75) is 12.3 Å². The first-order valence-electron chi connectivity index (χ1n) is 7.91. The van der Waals surface area contributed by atoms with Gasteiger partial charge in [0.05, 0.1) is 0 Å². The molecular formula is C19H24N2. The molecule has 2 aromatic carbocycles. The Morgan fingerprint density at radius 2 is 1.52 bits per heavy atom. The minimum Gasteiger partial charge on any atom is -0.329 e. The Labute approximate surface area is 127 Å². The van der Waals surface area contributed by atoms with Crippen molar-refractivity contribution in [3.05, 3.63) is 71.8 Å². The molecule has 0 aromatic heterocycles. The summed E-state index contributed by atoms with van der Waals surface area (Å²) in [6.07, 6.45) is 1.26. The zero-order valence-electron chi connectivity index (χ0n) is 12.5. The van der Waals surface area contributed by atoms with Crippen LogP contribution in [0.2, 0.25) is 0 Å². The zero-order chi connectivity index (χ0) is 14.5. The van der Waals surface area contributed by atoms with Crippen LogP contribution in [0.1, 0.15) is 23.5 Å². The summed E-state index contributed by atoms with van der Waals surface area (Å²) < 4.78 is 0. The predicted molar refractivity (Wildman–Crippen MR) is 88.3 cm³/mol. The number of nitrogens with zero attached hydrogens (tertiary/aromatic N) is 1. The summed E-state index contributed by atoms with van der Waals surface area (Å²) in [5.41, 5.74) is 8.58. The van der Waals surface area contributed by atoms with Crippen LogP contribution in [0.5, 0.6) is 0 Å². The van der Waals surface area contributed by atoms with Gasteiger partial charge in [-0.3, -0.25) is 0 Å². The van der Waals surface area contributed by atoms with Crippen molar-refractivity contribution in [2.24, 2.45) is 11.7 Å². The van der Waals surface area contributed by atoms with E-state index in [-0.39, 0.29) is 0 Å². The molecule has 0 bridgehead atoms. The van der Waals surface area contributed by atoms with Gasteiger partial charge in [-0.2, -0.15) is 0 Å². The van der Waals surface area contributed by atoms with Gasteiger partial charge in [-0.15, -0.1) is 0 Å². The maximum absolute atomic E-state index is 5.71. The summed E-state index contributed by atoms with van der Waals surface area (Å²) in [6, 6.07) is 21.9. The van der Waals surface area contributed by atoms with E-state index in [0.29, 0.717) is 11.8 Å². The second-order valence-electron chi connectivity index (χ2n) is 5.94. The average Bonchev–Trinajstić information content (AvgIpc) is 2.98. The molecule has 21 heavy (non-hydrogen) atoms. The van der Waals surface area contributed by atoms with Crippen LogP contribution in [0, 0.1) is 5.92 Å². The van der Waals surface area contributed by atoms with Gasteiger partial charge < -0.3 is 10.6 Å². The van der Waals surface area contributed by atoms with Crippen LogP contribution in [-0.4, -0.2) is 31.1 Å². The van der Waals surface area contributed by atoms with E-state index in [2.05, 4.69) is 65.6 Å². The van der Waals surface area contributed by atoms with Crippen molar-refractivity contribution in [1.29, 1.82) is 0 Å². The van der Waals surface area contributed by atoms with Crippen molar-refractivity contribution >= 4 is 0 Å². The third kappa shape index (κ3) is 3.34. The first kappa shape index (κ1) is 14.3. The summed E-state index contributed by atoms with van der Waals surface area (Å²) in [7, 11) is 0. The molecular weight excluding hydrogens is 256 g/mol. The predicted octanol–water partition coefficient (Wildman–Crippen LogP) is 3.10. The van der Waals surface area contributed by atoms with Gasteiger partial charge in [-0.25, -0.2) is 0 Å². The SMILES string of the molecule is NCCN1CCC(C(c2ccccc2)c2ccccc2)C1. The highest BCUT2D eigenvalue weighted by atomic mass is 15.1. The Morgan fingerprint density at radius 3 is 2.05 bits per heavy atom. The molecule has 0 saturated carbocycles. The molecule has 2 heteroatoms. The van der Waals surface area contributed by atoms with E-state index in [1.807, 2.05) is 0 Å². The monoisotopic (exact) mass is 280 g/mol. The highest BCUT2D eigenvalue weighted by molar-refractivity contribution is 5.33. The van der Waals surface area contributed by atoms with Gasteiger partial charge in [-0.1, -0.05) is 60.7 Å². The van der Waals surface area contributed by atoms with E-state index in [9.17, 15) is 0 Å². The van der Waals surface area contributed by atoms with Crippen molar-refractivity contribution in [2.75, 3.05) is 26.2 Å². The van der Waals surface area contributed by atoms with E-state index in [1.165, 1.54) is 24.1 Å². The minimum atomic E-state index is 0.496. The van der Waals surface area contributed by atoms with Crippen LogP contribution in [-0.2, 0) is 0 Å². The summed E-state index contributed by atoms with van der Waals surface area (Å²) in [5.74, 6) is 1.18. The van der Waals surface area contributed by atoms with E-state index in [1.54, 1.807) is 0 Å². The maximum Gasteiger partial charge on any atom is 0.0130 e. The topological polar surface area (TPSA) is 29.3 Å². The molecule has 1 aliphatic rings. The number of benzene rings is 2. The second-order valence-corrected chi connectivity index (χ2v) is 5.94. The first-order chi connectivity index (χ1) is 10.4. The molecule has 110 valence electrons. The fourth-order valence-electron chi connectivity index (χ4n) is 3.58. The smallest absolute Gasteiger partial charge is 0.0130 e. The molecule has 0 aliphatic carbocycles. The number of nitrogens with two attached hydrogens (primary N) is 1. The normalized spacial score (nSPS) is 19.2. The molecule has 3 rings (SSSR count). The molecule has 1 aliphatic heterocycles. The lowest BCUT2D eigenvalue weighted by Crippen LogP contribution is -2.28. The third-order valence-corrected chi connectivity index (χ3v) is 4.54. The van der Waals surface area contributed by atoms with Crippen LogP contribution in [0.4, 0.5) is 0 Å². The molecule has 2 aromatic rings. The van der Waals surface area contributed by atoms with Gasteiger partial charge in [0.1, 0.15) is 0 Å². The summed E-state index contributed by atoms with van der Waals surface area (Å²) in [4.78, 5) is 2.50. The molecule has 1 fully saturated rings. The lowest BCUT2D eigenvalue weighted by Gasteiger charge is -2.25. The summed E-state index contributed by atoms with van der Waals surface area (Å²) in [6.45, 7) is 4.12. The molecule has 1 saturated heterocycles. The molecule has 0 amide bonds. The fourth-order valence-corrected chi connectivity index (χ4v) is 3.58. The zero-order valence-corrected chi connectivity index (χ0v) is 12.5. The molecule has 1 atom stereocenters. The third-order valence-electron chi connectivity index (χ3n) is 4.54. The molecule has 2 nitrogen and oxygen atoms in total. The highest BCUT2D eigenvalue weighted by Crippen LogP contribution is 2.37. The van der Waals surface area contributed by atoms with Crippen LogP contribution in [0.3, 0.4) is 0 Å². The number of hydrogen-bond donors (Lipinski definition) is 1.